The molecule has 0 fully saturated rings. The Morgan fingerprint density at radius 2 is 2.11 bits per heavy atom. The van der Waals surface area contributed by atoms with E-state index >= 15 is 0 Å². The van der Waals surface area contributed by atoms with Gasteiger partial charge < -0.3 is 19.3 Å². The number of hydrogen-bond donors (Lipinski definition) is 1. The summed E-state index contributed by atoms with van der Waals surface area (Å²) in [6, 6.07) is 7.93. The van der Waals surface area contributed by atoms with E-state index < -0.39 is 0 Å². The van der Waals surface area contributed by atoms with E-state index in [2.05, 4.69) is 15.6 Å². The van der Waals surface area contributed by atoms with Crippen LogP contribution in [-0.4, -0.2) is 28.6 Å². The van der Waals surface area contributed by atoms with Crippen molar-refractivity contribution in [2.75, 3.05) is 13.7 Å². The molecule has 3 aromatic rings. The number of aryl methyl sites for hydroxylation is 3. The first kappa shape index (κ1) is 19.0. The maximum absolute atomic E-state index is 5.92. The lowest BCUT2D eigenvalue weighted by Crippen LogP contribution is -2.16. The lowest BCUT2D eigenvalue weighted by atomic mass is 10.2. The molecule has 0 unspecified atom stereocenters. The van der Waals surface area contributed by atoms with Gasteiger partial charge in [-0.3, -0.25) is 4.68 Å². The first-order chi connectivity index (χ1) is 13.2. The zero-order valence-corrected chi connectivity index (χ0v) is 16.1. The Morgan fingerprint density at radius 3 is 2.81 bits per heavy atom. The second kappa shape index (κ2) is 9.23. The van der Waals surface area contributed by atoms with Gasteiger partial charge in [0.1, 0.15) is 12.4 Å². The molecule has 7 heteroatoms. The van der Waals surface area contributed by atoms with Crippen molar-refractivity contribution in [2.24, 2.45) is 0 Å². The molecule has 0 aliphatic heterocycles. The van der Waals surface area contributed by atoms with Crippen LogP contribution in [0.25, 0.3) is 0 Å². The summed E-state index contributed by atoms with van der Waals surface area (Å²) >= 11 is 0. The third-order valence-corrected chi connectivity index (χ3v) is 4.41. The summed E-state index contributed by atoms with van der Waals surface area (Å²) in [6.07, 6.45) is 4.80. The molecule has 0 bridgehead atoms. The highest BCUT2D eigenvalue weighted by Crippen LogP contribution is 2.29. The van der Waals surface area contributed by atoms with Crippen LogP contribution >= 0.6 is 0 Å². The summed E-state index contributed by atoms with van der Waals surface area (Å²) in [5.74, 6) is 2.21. The molecule has 0 saturated carbocycles. The van der Waals surface area contributed by atoms with Gasteiger partial charge in [0.25, 0.3) is 0 Å². The minimum absolute atomic E-state index is 0.405. The van der Waals surface area contributed by atoms with E-state index in [0.29, 0.717) is 12.4 Å². The van der Waals surface area contributed by atoms with E-state index in [1.807, 2.05) is 49.0 Å². The second-order valence-electron chi connectivity index (χ2n) is 6.38. The molecule has 0 spiro atoms. The van der Waals surface area contributed by atoms with E-state index in [9.17, 15) is 0 Å². The highest BCUT2D eigenvalue weighted by Gasteiger charge is 2.12. The molecule has 0 aliphatic carbocycles. The first-order valence-electron chi connectivity index (χ1n) is 9.07. The standard InChI is InChI=1S/C20H26N4O3/c1-15-18(16(2)27-23-15)14-26-19-7-6-17(12-20(19)25-3)13-21-8-4-10-24-11-5-9-22-24/h5-7,9,11-12,21H,4,8,10,13-14H2,1-3H3. The number of aromatic nitrogens is 3. The fourth-order valence-corrected chi connectivity index (χ4v) is 2.83. The highest BCUT2D eigenvalue weighted by molar-refractivity contribution is 5.43. The van der Waals surface area contributed by atoms with Crippen LogP contribution < -0.4 is 14.8 Å². The first-order valence-corrected chi connectivity index (χ1v) is 9.07. The van der Waals surface area contributed by atoms with Crippen LogP contribution in [0.2, 0.25) is 0 Å². The van der Waals surface area contributed by atoms with E-state index in [4.69, 9.17) is 14.0 Å². The van der Waals surface area contributed by atoms with Gasteiger partial charge in [0, 0.05) is 25.5 Å². The molecule has 0 atom stereocenters. The van der Waals surface area contributed by atoms with E-state index in [1.165, 1.54) is 0 Å². The average molecular weight is 370 g/mol. The molecular formula is C20H26N4O3. The number of rotatable bonds is 10. The number of hydrogen-bond acceptors (Lipinski definition) is 6. The van der Waals surface area contributed by atoms with Crippen LogP contribution in [0, 0.1) is 13.8 Å². The third-order valence-electron chi connectivity index (χ3n) is 4.41. The van der Waals surface area contributed by atoms with Crippen LogP contribution in [0.5, 0.6) is 11.5 Å². The second-order valence-corrected chi connectivity index (χ2v) is 6.38. The number of nitrogens with one attached hydrogen (secondary N) is 1. The van der Waals surface area contributed by atoms with E-state index in [-0.39, 0.29) is 0 Å². The van der Waals surface area contributed by atoms with Gasteiger partial charge in [-0.2, -0.15) is 5.10 Å². The predicted octanol–water partition coefficient (Wildman–Crippen LogP) is 3.26. The minimum atomic E-state index is 0.405. The van der Waals surface area contributed by atoms with Crippen molar-refractivity contribution in [2.45, 2.75) is 40.0 Å². The van der Waals surface area contributed by atoms with Gasteiger partial charge in [-0.25, -0.2) is 0 Å². The van der Waals surface area contributed by atoms with Gasteiger partial charge in [-0.05, 0) is 50.6 Å². The summed E-state index contributed by atoms with van der Waals surface area (Å²) < 4.78 is 18.5. The largest absolute Gasteiger partial charge is 0.493 e. The fraction of sp³-hybridized carbons (Fsp3) is 0.400. The van der Waals surface area contributed by atoms with Crippen molar-refractivity contribution in [3.63, 3.8) is 0 Å². The summed E-state index contributed by atoms with van der Waals surface area (Å²) in [7, 11) is 1.65. The molecule has 0 radical (unpaired) electrons. The molecule has 2 aromatic heterocycles. The Hall–Kier alpha value is -2.80. The van der Waals surface area contributed by atoms with Crippen LogP contribution in [0.15, 0.2) is 41.2 Å². The van der Waals surface area contributed by atoms with Gasteiger partial charge in [0.15, 0.2) is 11.5 Å². The van der Waals surface area contributed by atoms with Gasteiger partial charge in [-0.1, -0.05) is 11.2 Å². The Labute approximate surface area is 159 Å². The van der Waals surface area contributed by atoms with Crippen molar-refractivity contribution >= 4 is 0 Å². The van der Waals surface area contributed by atoms with Crippen LogP contribution in [-0.2, 0) is 19.7 Å². The molecule has 27 heavy (non-hydrogen) atoms. The SMILES string of the molecule is COc1cc(CNCCCn2cccn2)ccc1OCc1c(C)noc1C. The number of benzene rings is 1. The molecule has 2 heterocycles. The van der Waals surface area contributed by atoms with Gasteiger partial charge in [0.05, 0.1) is 18.4 Å². The topological polar surface area (TPSA) is 74.3 Å². The van der Waals surface area contributed by atoms with E-state index in [1.54, 1.807) is 13.3 Å². The van der Waals surface area contributed by atoms with Crippen LogP contribution in [0.1, 0.15) is 29.0 Å². The molecule has 0 amide bonds. The lowest BCUT2D eigenvalue weighted by molar-refractivity contribution is 0.281. The van der Waals surface area contributed by atoms with Gasteiger partial charge in [-0.15, -0.1) is 0 Å². The molecule has 0 aliphatic rings. The number of nitrogens with zero attached hydrogens (tertiary/aromatic N) is 3. The van der Waals surface area contributed by atoms with Crippen molar-refractivity contribution in [1.29, 1.82) is 0 Å². The zero-order chi connectivity index (χ0) is 19.1. The quantitative estimate of drug-likeness (QED) is 0.552. The number of ether oxygens (including phenoxy) is 2. The van der Waals surface area contributed by atoms with Gasteiger partial charge in [0.2, 0.25) is 0 Å². The molecule has 1 N–H and O–H groups in total. The zero-order valence-electron chi connectivity index (χ0n) is 16.1. The summed E-state index contributed by atoms with van der Waals surface area (Å²) in [5.41, 5.74) is 2.97. The molecule has 1 aromatic carbocycles. The molecule has 3 rings (SSSR count). The van der Waals surface area contributed by atoms with Crippen molar-refractivity contribution < 1.29 is 14.0 Å². The summed E-state index contributed by atoms with van der Waals surface area (Å²) in [5, 5.41) is 11.6. The van der Waals surface area contributed by atoms with Crippen LogP contribution in [0.3, 0.4) is 0 Å². The molecule has 7 nitrogen and oxygen atoms in total. The van der Waals surface area contributed by atoms with E-state index in [0.717, 1.165) is 54.4 Å². The summed E-state index contributed by atoms with van der Waals surface area (Å²) in [4.78, 5) is 0. The van der Waals surface area contributed by atoms with Crippen molar-refractivity contribution in [1.82, 2.24) is 20.3 Å². The molecular weight excluding hydrogens is 344 g/mol. The average Bonchev–Trinajstić information content (AvgIpc) is 3.30. The fourth-order valence-electron chi connectivity index (χ4n) is 2.83. The number of methoxy groups -OCH3 is 1. The third kappa shape index (κ3) is 5.10. The van der Waals surface area contributed by atoms with Crippen LogP contribution in [0.4, 0.5) is 0 Å². The minimum Gasteiger partial charge on any atom is -0.493 e. The Morgan fingerprint density at radius 1 is 1.22 bits per heavy atom. The van der Waals surface area contributed by atoms with Crippen molar-refractivity contribution in [3.8, 4) is 11.5 Å². The lowest BCUT2D eigenvalue weighted by Gasteiger charge is -2.13. The Balaban J connectivity index is 1.49. The maximum Gasteiger partial charge on any atom is 0.161 e. The highest BCUT2D eigenvalue weighted by atomic mass is 16.5. The summed E-state index contributed by atoms with van der Waals surface area (Å²) in [6.45, 7) is 6.82. The van der Waals surface area contributed by atoms with Gasteiger partial charge >= 0.3 is 0 Å². The molecule has 144 valence electrons. The molecule has 0 saturated heterocycles. The van der Waals surface area contributed by atoms with Crippen molar-refractivity contribution in [3.05, 3.63) is 59.2 Å². The predicted molar refractivity (Wildman–Crippen MR) is 102 cm³/mol. The monoisotopic (exact) mass is 370 g/mol. The Bertz CT molecular complexity index is 824. The normalized spacial score (nSPS) is 10.9. The maximum atomic E-state index is 5.92. The Kier molecular flexibility index (Phi) is 6.49. The smallest absolute Gasteiger partial charge is 0.161 e.